The van der Waals surface area contributed by atoms with Crippen LogP contribution in [-0.4, -0.2) is 37.9 Å². The van der Waals surface area contributed by atoms with Crippen molar-refractivity contribution in [2.45, 2.75) is 6.92 Å². The Hall–Kier alpha value is -2.60. The maximum absolute atomic E-state index is 6.33. The summed E-state index contributed by atoms with van der Waals surface area (Å²) < 4.78 is 21.6. The average Bonchev–Trinajstić information content (AvgIpc) is 3.03. The fraction of sp³-hybridized carbons (Fsp3) is 0.278. The summed E-state index contributed by atoms with van der Waals surface area (Å²) in [6.07, 6.45) is 0. The molecule has 1 aromatic heterocycles. The lowest BCUT2D eigenvalue weighted by molar-refractivity contribution is 0.311. The van der Waals surface area contributed by atoms with E-state index < -0.39 is 0 Å². The van der Waals surface area contributed by atoms with Gasteiger partial charge in [0.1, 0.15) is 5.82 Å². The highest BCUT2D eigenvalue weighted by Gasteiger charge is 2.16. The Morgan fingerprint density at radius 3 is 2.32 bits per heavy atom. The first kappa shape index (κ1) is 17.2. The van der Waals surface area contributed by atoms with Crippen molar-refractivity contribution in [1.29, 1.82) is 0 Å². The Bertz CT molecular complexity index is 867. The second-order valence-corrected chi connectivity index (χ2v) is 5.64. The van der Waals surface area contributed by atoms with E-state index in [4.69, 9.17) is 30.5 Å². The molecule has 0 amide bonds. The molecule has 1 N–H and O–H groups in total. The van der Waals surface area contributed by atoms with Crippen molar-refractivity contribution in [2.75, 3.05) is 27.9 Å². The lowest BCUT2D eigenvalue weighted by atomic mass is 10.2. The molecule has 0 fully saturated rings. The lowest BCUT2D eigenvalue weighted by Gasteiger charge is -2.12. The first-order valence-corrected chi connectivity index (χ1v) is 8.11. The van der Waals surface area contributed by atoms with Gasteiger partial charge in [-0.1, -0.05) is 11.6 Å². The van der Waals surface area contributed by atoms with E-state index in [-0.39, 0.29) is 0 Å². The zero-order chi connectivity index (χ0) is 18.0. The number of H-pyrrole nitrogens is 1. The number of aromatic nitrogens is 2. The third kappa shape index (κ3) is 3.17. The quantitative estimate of drug-likeness (QED) is 0.707. The molecule has 0 radical (unpaired) electrons. The first-order chi connectivity index (χ1) is 12.1. The van der Waals surface area contributed by atoms with Crippen LogP contribution in [0.4, 0.5) is 0 Å². The highest BCUT2D eigenvalue weighted by Crippen LogP contribution is 2.40. The smallest absolute Gasteiger partial charge is 0.179 e. The predicted molar refractivity (Wildman–Crippen MR) is 97.4 cm³/mol. The molecule has 0 saturated carbocycles. The summed E-state index contributed by atoms with van der Waals surface area (Å²) in [6.45, 7) is 2.41. The SMILES string of the molecule is CCOc1cc(-c2nc3cc(OC)c(OC)cc3[nH]2)cc(Cl)c1OC. The molecular weight excluding hydrogens is 344 g/mol. The van der Waals surface area contributed by atoms with Gasteiger partial charge in [-0.2, -0.15) is 0 Å². The van der Waals surface area contributed by atoms with Gasteiger partial charge in [-0.15, -0.1) is 0 Å². The highest BCUT2D eigenvalue weighted by atomic mass is 35.5. The van der Waals surface area contributed by atoms with E-state index in [0.29, 0.717) is 40.5 Å². The van der Waals surface area contributed by atoms with Crippen molar-refractivity contribution in [1.82, 2.24) is 9.97 Å². The van der Waals surface area contributed by atoms with Gasteiger partial charge in [0.2, 0.25) is 0 Å². The number of nitrogens with zero attached hydrogens (tertiary/aromatic N) is 1. The number of nitrogens with one attached hydrogen (secondary N) is 1. The normalized spacial score (nSPS) is 10.8. The van der Waals surface area contributed by atoms with Gasteiger partial charge in [-0.05, 0) is 19.1 Å². The largest absolute Gasteiger partial charge is 0.493 e. The molecule has 3 aromatic rings. The summed E-state index contributed by atoms with van der Waals surface area (Å²) in [5, 5.41) is 0.457. The second kappa shape index (κ2) is 7.11. The number of benzene rings is 2. The van der Waals surface area contributed by atoms with Crippen LogP contribution in [0.25, 0.3) is 22.4 Å². The van der Waals surface area contributed by atoms with E-state index in [9.17, 15) is 0 Å². The minimum absolute atomic E-state index is 0.457. The van der Waals surface area contributed by atoms with Crippen LogP contribution in [0.1, 0.15) is 6.92 Å². The predicted octanol–water partition coefficient (Wildman–Crippen LogP) is 4.31. The summed E-state index contributed by atoms with van der Waals surface area (Å²) in [7, 11) is 4.75. The Kier molecular flexibility index (Phi) is 4.90. The Labute approximate surface area is 150 Å². The Morgan fingerprint density at radius 2 is 1.68 bits per heavy atom. The van der Waals surface area contributed by atoms with Gasteiger partial charge in [0.15, 0.2) is 23.0 Å². The molecule has 0 aliphatic heterocycles. The van der Waals surface area contributed by atoms with Gasteiger partial charge >= 0.3 is 0 Å². The third-order valence-electron chi connectivity index (χ3n) is 3.77. The molecule has 2 aromatic carbocycles. The average molecular weight is 363 g/mol. The molecular formula is C18H19ClN2O4. The Morgan fingerprint density at radius 1 is 0.960 bits per heavy atom. The van der Waals surface area contributed by atoms with Crippen molar-refractivity contribution in [2.24, 2.45) is 0 Å². The van der Waals surface area contributed by atoms with Crippen molar-refractivity contribution < 1.29 is 18.9 Å². The number of hydrogen-bond acceptors (Lipinski definition) is 5. The van der Waals surface area contributed by atoms with Crippen LogP contribution < -0.4 is 18.9 Å². The minimum Gasteiger partial charge on any atom is -0.493 e. The van der Waals surface area contributed by atoms with Gasteiger partial charge in [0.05, 0.1) is 44.0 Å². The molecule has 0 aliphatic rings. The van der Waals surface area contributed by atoms with Gasteiger partial charge in [-0.3, -0.25) is 0 Å². The third-order valence-corrected chi connectivity index (χ3v) is 4.05. The number of ether oxygens (including phenoxy) is 4. The standard InChI is InChI=1S/C18H19ClN2O4/c1-5-25-16-7-10(6-11(19)17(16)24-4)18-20-12-8-14(22-2)15(23-3)9-13(12)21-18/h6-9H,5H2,1-4H3,(H,20,21). The molecule has 1 heterocycles. The van der Waals surface area contributed by atoms with E-state index in [1.807, 2.05) is 25.1 Å². The summed E-state index contributed by atoms with van der Waals surface area (Å²) >= 11 is 6.33. The van der Waals surface area contributed by atoms with Crippen LogP contribution in [0, 0.1) is 0 Å². The molecule has 0 spiro atoms. The van der Waals surface area contributed by atoms with Crippen LogP contribution >= 0.6 is 11.6 Å². The van der Waals surface area contributed by atoms with Crippen LogP contribution in [0.5, 0.6) is 23.0 Å². The van der Waals surface area contributed by atoms with Crippen LogP contribution in [-0.2, 0) is 0 Å². The molecule has 0 atom stereocenters. The number of fused-ring (bicyclic) bond motifs is 1. The number of halogens is 1. The molecule has 6 nitrogen and oxygen atoms in total. The van der Waals surface area contributed by atoms with Crippen molar-refractivity contribution in [3.05, 3.63) is 29.3 Å². The maximum atomic E-state index is 6.33. The monoisotopic (exact) mass is 362 g/mol. The molecule has 0 bridgehead atoms. The molecule has 25 heavy (non-hydrogen) atoms. The summed E-state index contributed by atoms with van der Waals surface area (Å²) in [5.74, 6) is 2.99. The van der Waals surface area contributed by atoms with E-state index in [1.165, 1.54) is 0 Å². The second-order valence-electron chi connectivity index (χ2n) is 5.23. The van der Waals surface area contributed by atoms with Crippen LogP contribution in [0.3, 0.4) is 0 Å². The van der Waals surface area contributed by atoms with Crippen LogP contribution in [0.15, 0.2) is 24.3 Å². The minimum atomic E-state index is 0.457. The Balaban J connectivity index is 2.12. The number of hydrogen-bond donors (Lipinski definition) is 1. The van der Waals surface area contributed by atoms with Crippen molar-refractivity contribution >= 4 is 22.6 Å². The maximum Gasteiger partial charge on any atom is 0.179 e. The fourth-order valence-corrected chi connectivity index (χ4v) is 2.93. The zero-order valence-electron chi connectivity index (χ0n) is 14.5. The molecule has 0 saturated heterocycles. The number of aromatic amines is 1. The summed E-state index contributed by atoms with van der Waals surface area (Å²) in [6, 6.07) is 7.30. The lowest BCUT2D eigenvalue weighted by Crippen LogP contribution is -1.97. The molecule has 3 rings (SSSR count). The topological polar surface area (TPSA) is 65.6 Å². The van der Waals surface area contributed by atoms with E-state index in [0.717, 1.165) is 16.6 Å². The van der Waals surface area contributed by atoms with E-state index in [2.05, 4.69) is 9.97 Å². The van der Waals surface area contributed by atoms with Gasteiger partial charge < -0.3 is 23.9 Å². The van der Waals surface area contributed by atoms with Crippen molar-refractivity contribution in [3.8, 4) is 34.4 Å². The summed E-state index contributed by atoms with van der Waals surface area (Å²) in [4.78, 5) is 7.89. The number of methoxy groups -OCH3 is 3. The highest BCUT2D eigenvalue weighted by molar-refractivity contribution is 6.32. The number of rotatable bonds is 6. The first-order valence-electron chi connectivity index (χ1n) is 7.73. The zero-order valence-corrected chi connectivity index (χ0v) is 15.2. The van der Waals surface area contributed by atoms with E-state index >= 15 is 0 Å². The molecule has 7 heteroatoms. The number of imidazole rings is 1. The molecule has 0 unspecified atom stereocenters. The van der Waals surface area contributed by atoms with Crippen molar-refractivity contribution in [3.63, 3.8) is 0 Å². The molecule has 132 valence electrons. The van der Waals surface area contributed by atoms with Crippen LogP contribution in [0.2, 0.25) is 5.02 Å². The van der Waals surface area contributed by atoms with Gasteiger partial charge in [-0.25, -0.2) is 4.98 Å². The molecule has 0 aliphatic carbocycles. The van der Waals surface area contributed by atoms with Gasteiger partial charge in [0, 0.05) is 17.7 Å². The summed E-state index contributed by atoms with van der Waals surface area (Å²) in [5.41, 5.74) is 2.39. The van der Waals surface area contributed by atoms with Gasteiger partial charge in [0.25, 0.3) is 0 Å². The fourth-order valence-electron chi connectivity index (χ4n) is 2.64. The van der Waals surface area contributed by atoms with E-state index in [1.54, 1.807) is 27.4 Å².